The molecular formula is C23H28N6O4. The molecule has 0 aromatic carbocycles. The zero-order chi connectivity index (χ0) is 23.4. The Labute approximate surface area is 191 Å². The summed E-state index contributed by atoms with van der Waals surface area (Å²) >= 11 is 0. The van der Waals surface area contributed by atoms with Crippen LogP contribution in [0.4, 0.5) is 5.69 Å². The monoisotopic (exact) mass is 452 g/mol. The SMILES string of the molecule is CCc1nc2c(cnn2CC)c(NC2CCOCC2)c1CNC(=O)c1cc(C(=O)O)ccn1. The second-order valence-electron chi connectivity index (χ2n) is 7.91. The molecule has 1 saturated heterocycles. The van der Waals surface area contributed by atoms with E-state index in [1.165, 1.54) is 18.3 Å². The number of amides is 1. The molecule has 1 aliphatic heterocycles. The number of rotatable bonds is 8. The van der Waals surface area contributed by atoms with E-state index in [1.54, 1.807) is 0 Å². The number of carboxylic acids is 1. The van der Waals surface area contributed by atoms with E-state index in [-0.39, 0.29) is 23.8 Å². The number of hydrogen-bond donors (Lipinski definition) is 3. The molecule has 0 spiro atoms. The van der Waals surface area contributed by atoms with Crippen LogP contribution in [0.2, 0.25) is 0 Å². The van der Waals surface area contributed by atoms with E-state index in [0.29, 0.717) is 26.2 Å². The van der Waals surface area contributed by atoms with Crippen molar-refractivity contribution in [3.05, 3.63) is 47.0 Å². The van der Waals surface area contributed by atoms with Gasteiger partial charge in [0.05, 0.1) is 22.8 Å². The summed E-state index contributed by atoms with van der Waals surface area (Å²) in [6.45, 7) is 6.40. The molecule has 10 heteroatoms. The van der Waals surface area contributed by atoms with E-state index in [2.05, 4.69) is 20.7 Å². The fourth-order valence-electron chi connectivity index (χ4n) is 4.05. The third-order valence-corrected chi connectivity index (χ3v) is 5.84. The van der Waals surface area contributed by atoms with Gasteiger partial charge < -0.3 is 20.5 Å². The Kier molecular flexibility index (Phi) is 6.83. The fourth-order valence-corrected chi connectivity index (χ4v) is 4.05. The molecule has 3 aromatic rings. The number of carboxylic acid groups (broad SMARTS) is 1. The average Bonchev–Trinajstić information content (AvgIpc) is 3.26. The summed E-state index contributed by atoms with van der Waals surface area (Å²) in [6, 6.07) is 2.88. The summed E-state index contributed by atoms with van der Waals surface area (Å²) in [5.74, 6) is -1.55. The van der Waals surface area contributed by atoms with E-state index in [4.69, 9.17) is 9.72 Å². The van der Waals surface area contributed by atoms with Crippen molar-refractivity contribution in [2.24, 2.45) is 0 Å². The van der Waals surface area contributed by atoms with E-state index in [1.807, 2.05) is 24.7 Å². The summed E-state index contributed by atoms with van der Waals surface area (Å²) in [5.41, 5.74) is 3.58. The number of hydrogen-bond acceptors (Lipinski definition) is 7. The van der Waals surface area contributed by atoms with Gasteiger partial charge in [-0.2, -0.15) is 5.10 Å². The van der Waals surface area contributed by atoms with Crippen molar-refractivity contribution in [1.82, 2.24) is 25.1 Å². The second-order valence-corrected chi connectivity index (χ2v) is 7.91. The van der Waals surface area contributed by atoms with Crippen LogP contribution in [0.25, 0.3) is 11.0 Å². The summed E-state index contributed by atoms with van der Waals surface area (Å²) in [5, 5.41) is 21.2. The van der Waals surface area contributed by atoms with E-state index >= 15 is 0 Å². The summed E-state index contributed by atoms with van der Waals surface area (Å²) in [4.78, 5) is 32.9. The zero-order valence-electron chi connectivity index (χ0n) is 18.8. The molecule has 3 N–H and O–H groups in total. The van der Waals surface area contributed by atoms with Crippen molar-refractivity contribution in [3.8, 4) is 0 Å². The van der Waals surface area contributed by atoms with Gasteiger partial charge in [-0.05, 0) is 38.3 Å². The van der Waals surface area contributed by atoms with Gasteiger partial charge in [0.25, 0.3) is 5.91 Å². The van der Waals surface area contributed by atoms with Crippen molar-refractivity contribution < 1.29 is 19.4 Å². The molecule has 3 aromatic heterocycles. The minimum atomic E-state index is -1.11. The molecule has 0 saturated carbocycles. The predicted molar refractivity (Wildman–Crippen MR) is 122 cm³/mol. The third-order valence-electron chi connectivity index (χ3n) is 5.84. The molecule has 174 valence electrons. The number of carbonyl (C=O) groups excluding carboxylic acids is 1. The number of fused-ring (bicyclic) bond motifs is 1. The number of aromatic nitrogens is 4. The number of anilines is 1. The Balaban J connectivity index is 1.67. The first-order valence-electron chi connectivity index (χ1n) is 11.2. The maximum atomic E-state index is 12.8. The molecule has 0 unspecified atom stereocenters. The zero-order valence-corrected chi connectivity index (χ0v) is 18.8. The molecule has 10 nitrogen and oxygen atoms in total. The predicted octanol–water partition coefficient (Wildman–Crippen LogP) is 2.63. The number of nitrogens with zero attached hydrogens (tertiary/aromatic N) is 4. The van der Waals surface area contributed by atoms with Gasteiger partial charge in [0.1, 0.15) is 5.69 Å². The molecule has 1 fully saturated rings. The molecule has 0 aliphatic carbocycles. The maximum absolute atomic E-state index is 12.8. The van der Waals surface area contributed by atoms with Crippen LogP contribution in [0.3, 0.4) is 0 Å². The molecule has 4 rings (SSSR count). The Morgan fingerprint density at radius 3 is 2.76 bits per heavy atom. The van der Waals surface area contributed by atoms with Gasteiger partial charge in [0.15, 0.2) is 5.65 Å². The second kappa shape index (κ2) is 9.95. The molecule has 33 heavy (non-hydrogen) atoms. The number of carbonyl (C=O) groups is 2. The standard InChI is InChI=1S/C23H28N6O4/c1-3-18-16(12-25-22(30)19-11-14(23(31)32)5-8-24-19)20(27-15-6-9-33-10-7-15)17-13-26-29(4-2)21(17)28-18/h5,8,11,13,15H,3-4,6-7,9-10,12H2,1-2H3,(H,25,30)(H,27,28)(H,31,32). The van der Waals surface area contributed by atoms with Crippen molar-refractivity contribution in [2.75, 3.05) is 18.5 Å². The van der Waals surface area contributed by atoms with Crippen LogP contribution in [0.1, 0.15) is 58.8 Å². The molecule has 1 aliphatic rings. The minimum absolute atomic E-state index is 0.0151. The third kappa shape index (κ3) is 4.80. The topological polar surface area (TPSA) is 131 Å². The highest BCUT2D eigenvalue weighted by Gasteiger charge is 2.22. The lowest BCUT2D eigenvalue weighted by molar-refractivity contribution is 0.0696. The van der Waals surface area contributed by atoms with Gasteiger partial charge in [0.2, 0.25) is 0 Å². The minimum Gasteiger partial charge on any atom is -0.478 e. The number of pyridine rings is 2. The van der Waals surface area contributed by atoms with Crippen LogP contribution in [0.5, 0.6) is 0 Å². The number of ether oxygens (including phenoxy) is 1. The van der Waals surface area contributed by atoms with E-state index < -0.39 is 11.9 Å². The van der Waals surface area contributed by atoms with Crippen LogP contribution in [-0.2, 0) is 24.2 Å². The maximum Gasteiger partial charge on any atom is 0.335 e. The van der Waals surface area contributed by atoms with E-state index in [0.717, 1.165) is 40.8 Å². The smallest absolute Gasteiger partial charge is 0.335 e. The summed E-state index contributed by atoms with van der Waals surface area (Å²) < 4.78 is 7.37. The van der Waals surface area contributed by atoms with Gasteiger partial charge in [-0.3, -0.25) is 9.78 Å². The molecule has 0 radical (unpaired) electrons. The van der Waals surface area contributed by atoms with Crippen LogP contribution in [0, 0.1) is 0 Å². The highest BCUT2D eigenvalue weighted by molar-refractivity contribution is 5.96. The number of aryl methyl sites for hydroxylation is 2. The highest BCUT2D eigenvalue weighted by atomic mass is 16.5. The molecule has 0 atom stereocenters. The first kappa shape index (κ1) is 22.7. The number of nitrogens with one attached hydrogen (secondary N) is 2. The normalized spacial score (nSPS) is 14.4. The Morgan fingerprint density at radius 1 is 1.27 bits per heavy atom. The Morgan fingerprint density at radius 2 is 2.06 bits per heavy atom. The largest absolute Gasteiger partial charge is 0.478 e. The van der Waals surface area contributed by atoms with Crippen molar-refractivity contribution in [1.29, 1.82) is 0 Å². The lowest BCUT2D eigenvalue weighted by atomic mass is 10.0. The quantitative estimate of drug-likeness (QED) is 0.475. The molecular weight excluding hydrogens is 424 g/mol. The Bertz CT molecular complexity index is 1170. The van der Waals surface area contributed by atoms with Gasteiger partial charge in [-0.15, -0.1) is 0 Å². The molecule has 0 bridgehead atoms. The van der Waals surface area contributed by atoms with E-state index in [9.17, 15) is 14.7 Å². The van der Waals surface area contributed by atoms with Gasteiger partial charge >= 0.3 is 5.97 Å². The van der Waals surface area contributed by atoms with Gasteiger partial charge in [-0.25, -0.2) is 14.5 Å². The van der Waals surface area contributed by atoms with Crippen LogP contribution in [-0.4, -0.2) is 56.0 Å². The summed E-state index contributed by atoms with van der Waals surface area (Å²) in [7, 11) is 0. The fraction of sp³-hybridized carbons (Fsp3) is 0.435. The summed E-state index contributed by atoms with van der Waals surface area (Å²) in [6.07, 6.45) is 5.61. The average molecular weight is 453 g/mol. The van der Waals surface area contributed by atoms with Gasteiger partial charge in [0, 0.05) is 49.8 Å². The lowest BCUT2D eigenvalue weighted by Crippen LogP contribution is -2.30. The van der Waals surface area contributed by atoms with Crippen LogP contribution >= 0.6 is 0 Å². The van der Waals surface area contributed by atoms with Gasteiger partial charge in [-0.1, -0.05) is 6.92 Å². The first-order valence-corrected chi connectivity index (χ1v) is 11.2. The van der Waals surface area contributed by atoms with Crippen molar-refractivity contribution >= 4 is 28.6 Å². The van der Waals surface area contributed by atoms with Crippen LogP contribution in [0.15, 0.2) is 24.5 Å². The van der Waals surface area contributed by atoms with Crippen molar-refractivity contribution in [3.63, 3.8) is 0 Å². The molecule has 4 heterocycles. The number of aromatic carboxylic acids is 1. The highest BCUT2D eigenvalue weighted by Crippen LogP contribution is 2.31. The lowest BCUT2D eigenvalue weighted by Gasteiger charge is -2.26. The van der Waals surface area contributed by atoms with Crippen LogP contribution < -0.4 is 10.6 Å². The first-order chi connectivity index (χ1) is 16.0. The molecule has 1 amide bonds. The Hall–Kier alpha value is -3.53. The van der Waals surface area contributed by atoms with Crippen molar-refractivity contribution in [2.45, 2.75) is 52.2 Å².